The molecule has 0 saturated carbocycles. The maximum atomic E-state index is 9.10. The Morgan fingerprint density at radius 2 is 1.89 bits per heavy atom. The molecule has 0 amide bonds. The molecule has 0 spiro atoms. The Labute approximate surface area is 115 Å². The van der Waals surface area contributed by atoms with Crippen molar-refractivity contribution < 1.29 is 9.84 Å². The lowest BCUT2D eigenvalue weighted by atomic mass is 9.79. The van der Waals surface area contributed by atoms with Crippen molar-refractivity contribution in [1.29, 1.82) is 5.41 Å². The molecule has 0 saturated heterocycles. The molecule has 4 heteroatoms. The Bertz CT molecular complexity index is 407. The Balaban J connectivity index is 2.61. The van der Waals surface area contributed by atoms with Crippen molar-refractivity contribution in [2.75, 3.05) is 13.2 Å². The minimum Gasteiger partial charge on any atom is -0.493 e. The predicted molar refractivity (Wildman–Crippen MR) is 77.6 cm³/mol. The van der Waals surface area contributed by atoms with Gasteiger partial charge in [0.2, 0.25) is 0 Å². The second kappa shape index (κ2) is 6.57. The normalized spacial score (nSPS) is 13.1. The molecule has 1 rings (SSSR count). The van der Waals surface area contributed by atoms with E-state index < -0.39 is 0 Å². The van der Waals surface area contributed by atoms with Gasteiger partial charge in [0.1, 0.15) is 11.6 Å². The fraction of sp³-hybridized carbons (Fsp3) is 0.533. The second-order valence-electron chi connectivity index (χ2n) is 5.82. The standard InChI is InChI=1S/C15H24N2O2/c1-15(2,3)12(8-9-18)10-19-13-6-4-11(5-7-13)14(16)17/h4-7,12,18H,8-10H2,1-3H3,(H3,16,17)/t12-/m0/s1. The molecular formula is C15H24N2O2. The lowest BCUT2D eigenvalue weighted by Gasteiger charge is -2.30. The summed E-state index contributed by atoms with van der Waals surface area (Å²) in [5.74, 6) is 1.11. The van der Waals surface area contributed by atoms with Gasteiger partial charge < -0.3 is 15.6 Å². The first-order valence-corrected chi connectivity index (χ1v) is 6.52. The Morgan fingerprint density at radius 3 is 2.32 bits per heavy atom. The van der Waals surface area contributed by atoms with Crippen LogP contribution in [0.5, 0.6) is 5.75 Å². The molecule has 19 heavy (non-hydrogen) atoms. The zero-order chi connectivity index (χ0) is 14.5. The number of aliphatic hydroxyl groups is 1. The first kappa shape index (κ1) is 15.5. The molecule has 1 aromatic rings. The molecule has 0 bridgehead atoms. The van der Waals surface area contributed by atoms with Crippen molar-refractivity contribution in [2.45, 2.75) is 27.2 Å². The minimum atomic E-state index is 0.0550. The predicted octanol–water partition coefficient (Wildman–Crippen LogP) is 2.39. The number of hydrogen-bond donors (Lipinski definition) is 3. The van der Waals surface area contributed by atoms with Gasteiger partial charge in [-0.1, -0.05) is 20.8 Å². The SMILES string of the molecule is CC(C)(C)[C@@H](CCO)COc1ccc(C(=N)N)cc1. The van der Waals surface area contributed by atoms with E-state index in [0.29, 0.717) is 18.1 Å². The fourth-order valence-electron chi connectivity index (χ4n) is 1.85. The Hall–Kier alpha value is -1.55. The van der Waals surface area contributed by atoms with E-state index in [4.69, 9.17) is 21.0 Å². The fourth-order valence-corrected chi connectivity index (χ4v) is 1.85. The van der Waals surface area contributed by atoms with E-state index in [0.717, 1.165) is 12.2 Å². The van der Waals surface area contributed by atoms with Crippen LogP contribution in [0.3, 0.4) is 0 Å². The number of nitrogen functional groups attached to an aromatic ring is 1. The van der Waals surface area contributed by atoms with Crippen molar-refractivity contribution in [1.82, 2.24) is 0 Å². The first-order valence-electron chi connectivity index (χ1n) is 6.52. The van der Waals surface area contributed by atoms with Crippen molar-refractivity contribution in [2.24, 2.45) is 17.1 Å². The largest absolute Gasteiger partial charge is 0.493 e. The molecule has 0 aromatic heterocycles. The van der Waals surface area contributed by atoms with Crippen LogP contribution >= 0.6 is 0 Å². The molecule has 1 aromatic carbocycles. The quantitative estimate of drug-likeness (QED) is 0.545. The molecule has 106 valence electrons. The van der Waals surface area contributed by atoms with Crippen LogP contribution in [-0.4, -0.2) is 24.2 Å². The smallest absolute Gasteiger partial charge is 0.122 e. The van der Waals surface area contributed by atoms with Gasteiger partial charge in [-0.3, -0.25) is 5.41 Å². The van der Waals surface area contributed by atoms with E-state index in [1.54, 1.807) is 12.1 Å². The molecule has 0 aliphatic heterocycles. The summed E-state index contributed by atoms with van der Waals surface area (Å²) in [6, 6.07) is 7.18. The van der Waals surface area contributed by atoms with Gasteiger partial charge in [0.25, 0.3) is 0 Å². The van der Waals surface area contributed by atoms with E-state index in [9.17, 15) is 0 Å². The Morgan fingerprint density at radius 1 is 1.32 bits per heavy atom. The van der Waals surface area contributed by atoms with E-state index in [1.807, 2.05) is 12.1 Å². The van der Waals surface area contributed by atoms with E-state index in [-0.39, 0.29) is 17.9 Å². The number of benzene rings is 1. The molecule has 0 aliphatic rings. The highest BCUT2D eigenvalue weighted by Crippen LogP contribution is 2.29. The summed E-state index contributed by atoms with van der Waals surface area (Å²) < 4.78 is 5.76. The highest BCUT2D eigenvalue weighted by atomic mass is 16.5. The van der Waals surface area contributed by atoms with Gasteiger partial charge in [-0.2, -0.15) is 0 Å². The molecule has 4 N–H and O–H groups in total. The summed E-state index contributed by atoms with van der Waals surface area (Å²) in [5.41, 5.74) is 6.19. The number of rotatable bonds is 6. The summed E-state index contributed by atoms with van der Waals surface area (Å²) in [5, 5.41) is 16.4. The zero-order valence-electron chi connectivity index (χ0n) is 11.9. The van der Waals surface area contributed by atoms with Crippen LogP contribution in [0.25, 0.3) is 0 Å². The number of ether oxygens (including phenoxy) is 1. The van der Waals surface area contributed by atoms with Crippen LogP contribution < -0.4 is 10.5 Å². The van der Waals surface area contributed by atoms with Crippen LogP contribution in [0.1, 0.15) is 32.8 Å². The summed E-state index contributed by atoms with van der Waals surface area (Å²) in [4.78, 5) is 0. The lowest BCUT2D eigenvalue weighted by Crippen LogP contribution is -2.27. The molecule has 0 unspecified atom stereocenters. The zero-order valence-corrected chi connectivity index (χ0v) is 11.9. The van der Waals surface area contributed by atoms with Gasteiger partial charge in [-0.05, 0) is 36.1 Å². The van der Waals surface area contributed by atoms with Gasteiger partial charge in [0.05, 0.1) is 6.61 Å². The number of nitrogens with two attached hydrogens (primary N) is 1. The third-order valence-electron chi connectivity index (χ3n) is 3.32. The average molecular weight is 264 g/mol. The molecule has 4 nitrogen and oxygen atoms in total. The summed E-state index contributed by atoms with van der Waals surface area (Å²) in [6.45, 7) is 7.19. The highest BCUT2D eigenvalue weighted by Gasteiger charge is 2.24. The molecule has 0 fully saturated rings. The van der Waals surface area contributed by atoms with E-state index in [2.05, 4.69) is 20.8 Å². The molecular weight excluding hydrogens is 240 g/mol. The number of nitrogens with one attached hydrogen (secondary N) is 1. The van der Waals surface area contributed by atoms with E-state index >= 15 is 0 Å². The molecule has 0 aliphatic carbocycles. The van der Waals surface area contributed by atoms with Gasteiger partial charge in [-0.15, -0.1) is 0 Å². The third-order valence-corrected chi connectivity index (χ3v) is 3.32. The van der Waals surface area contributed by atoms with Gasteiger partial charge >= 0.3 is 0 Å². The van der Waals surface area contributed by atoms with Crippen molar-refractivity contribution in [3.8, 4) is 5.75 Å². The molecule has 0 radical (unpaired) electrons. The van der Waals surface area contributed by atoms with Gasteiger partial charge in [0.15, 0.2) is 0 Å². The van der Waals surface area contributed by atoms with Gasteiger partial charge in [0, 0.05) is 18.1 Å². The van der Waals surface area contributed by atoms with Crippen molar-refractivity contribution >= 4 is 5.84 Å². The number of amidine groups is 1. The lowest BCUT2D eigenvalue weighted by molar-refractivity contribution is 0.114. The van der Waals surface area contributed by atoms with Crippen molar-refractivity contribution in [3.63, 3.8) is 0 Å². The monoisotopic (exact) mass is 264 g/mol. The van der Waals surface area contributed by atoms with E-state index in [1.165, 1.54) is 0 Å². The highest BCUT2D eigenvalue weighted by molar-refractivity contribution is 5.94. The molecule has 0 heterocycles. The summed E-state index contributed by atoms with van der Waals surface area (Å²) in [6.07, 6.45) is 0.731. The van der Waals surface area contributed by atoms with Crippen LogP contribution in [0.2, 0.25) is 0 Å². The first-order chi connectivity index (χ1) is 8.84. The van der Waals surface area contributed by atoms with Crippen LogP contribution in [-0.2, 0) is 0 Å². The molecule has 1 atom stereocenters. The maximum absolute atomic E-state index is 9.10. The van der Waals surface area contributed by atoms with Gasteiger partial charge in [-0.25, -0.2) is 0 Å². The average Bonchev–Trinajstić information content (AvgIpc) is 2.33. The summed E-state index contributed by atoms with van der Waals surface area (Å²) >= 11 is 0. The number of aliphatic hydroxyl groups excluding tert-OH is 1. The minimum absolute atomic E-state index is 0.0550. The third kappa shape index (κ3) is 4.91. The Kier molecular flexibility index (Phi) is 5.36. The maximum Gasteiger partial charge on any atom is 0.122 e. The second-order valence-corrected chi connectivity index (χ2v) is 5.82. The van der Waals surface area contributed by atoms with Crippen molar-refractivity contribution in [3.05, 3.63) is 29.8 Å². The van der Waals surface area contributed by atoms with Crippen LogP contribution in [0.15, 0.2) is 24.3 Å². The number of hydrogen-bond acceptors (Lipinski definition) is 3. The van der Waals surface area contributed by atoms with Crippen LogP contribution in [0.4, 0.5) is 0 Å². The topological polar surface area (TPSA) is 79.3 Å². The summed E-state index contributed by atoms with van der Waals surface area (Å²) in [7, 11) is 0. The van der Waals surface area contributed by atoms with Crippen LogP contribution in [0, 0.1) is 16.7 Å².